The third kappa shape index (κ3) is 4.40. The first-order valence-electron chi connectivity index (χ1n) is 6.84. The van der Waals surface area contributed by atoms with Gasteiger partial charge in [0, 0.05) is 24.2 Å². The molecule has 0 radical (unpaired) electrons. The monoisotopic (exact) mass is 319 g/mol. The summed E-state index contributed by atoms with van der Waals surface area (Å²) < 4.78 is 10.7. The van der Waals surface area contributed by atoms with Crippen LogP contribution in [0.4, 0.5) is 0 Å². The zero-order valence-electron chi connectivity index (χ0n) is 12.6. The minimum Gasteiger partial charge on any atom is -0.496 e. The SMILES string of the molecule is COc1ccccc1CN(C)C(=O)COc1ccc(Cl)cc1. The lowest BCUT2D eigenvalue weighted by Gasteiger charge is -2.19. The molecule has 0 saturated carbocycles. The van der Waals surface area contributed by atoms with Gasteiger partial charge in [0.15, 0.2) is 6.61 Å². The Labute approximate surface area is 135 Å². The van der Waals surface area contributed by atoms with Crippen LogP contribution in [0.3, 0.4) is 0 Å². The number of halogens is 1. The summed E-state index contributed by atoms with van der Waals surface area (Å²) in [5.74, 6) is 1.27. The van der Waals surface area contributed by atoms with E-state index in [1.807, 2.05) is 24.3 Å². The standard InChI is InChI=1S/C17H18ClNO3/c1-19(11-13-5-3-4-6-16(13)21-2)17(20)12-22-15-9-7-14(18)8-10-15/h3-10H,11-12H2,1-2H3. The predicted octanol–water partition coefficient (Wildman–Crippen LogP) is 3.39. The summed E-state index contributed by atoms with van der Waals surface area (Å²) in [6.45, 7) is 0.445. The van der Waals surface area contributed by atoms with Crippen molar-refractivity contribution in [3.63, 3.8) is 0 Å². The lowest BCUT2D eigenvalue weighted by atomic mass is 10.2. The van der Waals surface area contributed by atoms with Crippen molar-refractivity contribution in [1.82, 2.24) is 4.90 Å². The van der Waals surface area contributed by atoms with Gasteiger partial charge in [0.1, 0.15) is 11.5 Å². The molecule has 5 heteroatoms. The van der Waals surface area contributed by atoms with E-state index in [0.29, 0.717) is 17.3 Å². The van der Waals surface area contributed by atoms with Crippen LogP contribution in [0.5, 0.6) is 11.5 Å². The van der Waals surface area contributed by atoms with Gasteiger partial charge < -0.3 is 14.4 Å². The average Bonchev–Trinajstić information content (AvgIpc) is 2.54. The van der Waals surface area contributed by atoms with E-state index in [-0.39, 0.29) is 12.5 Å². The van der Waals surface area contributed by atoms with Gasteiger partial charge in [-0.15, -0.1) is 0 Å². The molecular formula is C17H18ClNO3. The number of likely N-dealkylation sites (N-methyl/N-ethyl adjacent to an activating group) is 1. The molecule has 2 aromatic carbocycles. The largest absolute Gasteiger partial charge is 0.496 e. The zero-order valence-corrected chi connectivity index (χ0v) is 13.3. The van der Waals surface area contributed by atoms with Crippen molar-refractivity contribution in [2.45, 2.75) is 6.54 Å². The number of nitrogens with zero attached hydrogens (tertiary/aromatic N) is 1. The topological polar surface area (TPSA) is 38.8 Å². The first kappa shape index (κ1) is 16.2. The van der Waals surface area contributed by atoms with Crippen molar-refractivity contribution in [1.29, 1.82) is 0 Å². The molecule has 0 spiro atoms. The van der Waals surface area contributed by atoms with Crippen molar-refractivity contribution in [3.05, 3.63) is 59.1 Å². The maximum absolute atomic E-state index is 12.1. The molecule has 0 aliphatic carbocycles. The van der Waals surface area contributed by atoms with Crippen LogP contribution in [0, 0.1) is 0 Å². The van der Waals surface area contributed by atoms with Crippen molar-refractivity contribution < 1.29 is 14.3 Å². The highest BCUT2D eigenvalue weighted by Crippen LogP contribution is 2.19. The molecule has 0 bridgehead atoms. The minimum atomic E-state index is -0.110. The highest BCUT2D eigenvalue weighted by Gasteiger charge is 2.12. The molecule has 0 fully saturated rings. The summed E-state index contributed by atoms with van der Waals surface area (Å²) in [5, 5.41) is 0.631. The van der Waals surface area contributed by atoms with Gasteiger partial charge in [-0.2, -0.15) is 0 Å². The minimum absolute atomic E-state index is 0.0206. The fraction of sp³-hybridized carbons (Fsp3) is 0.235. The number of carbonyl (C=O) groups excluding carboxylic acids is 1. The number of hydrogen-bond donors (Lipinski definition) is 0. The Kier molecular flexibility index (Phi) is 5.67. The summed E-state index contributed by atoms with van der Waals surface area (Å²) in [5.41, 5.74) is 0.951. The van der Waals surface area contributed by atoms with Crippen LogP contribution in [0.1, 0.15) is 5.56 Å². The quantitative estimate of drug-likeness (QED) is 0.819. The summed E-state index contributed by atoms with van der Waals surface area (Å²) in [6, 6.07) is 14.5. The fourth-order valence-corrected chi connectivity index (χ4v) is 2.09. The van der Waals surface area contributed by atoms with E-state index in [4.69, 9.17) is 21.1 Å². The van der Waals surface area contributed by atoms with Crippen LogP contribution >= 0.6 is 11.6 Å². The zero-order chi connectivity index (χ0) is 15.9. The Bertz CT molecular complexity index is 628. The molecule has 0 aromatic heterocycles. The Hall–Kier alpha value is -2.20. The average molecular weight is 320 g/mol. The molecule has 22 heavy (non-hydrogen) atoms. The van der Waals surface area contributed by atoms with Crippen LogP contribution < -0.4 is 9.47 Å². The van der Waals surface area contributed by atoms with E-state index < -0.39 is 0 Å². The molecular weight excluding hydrogens is 302 g/mol. The lowest BCUT2D eigenvalue weighted by Crippen LogP contribution is -2.31. The van der Waals surface area contributed by atoms with E-state index in [2.05, 4.69) is 0 Å². The number of methoxy groups -OCH3 is 1. The molecule has 0 heterocycles. The highest BCUT2D eigenvalue weighted by atomic mass is 35.5. The van der Waals surface area contributed by atoms with Gasteiger partial charge in [-0.25, -0.2) is 0 Å². The van der Waals surface area contributed by atoms with Crippen LogP contribution in [-0.2, 0) is 11.3 Å². The van der Waals surface area contributed by atoms with Gasteiger partial charge in [0.2, 0.25) is 0 Å². The number of carbonyl (C=O) groups is 1. The Morgan fingerprint density at radius 3 is 2.50 bits per heavy atom. The molecule has 0 aliphatic rings. The van der Waals surface area contributed by atoms with E-state index in [0.717, 1.165) is 11.3 Å². The molecule has 0 aliphatic heterocycles. The first-order chi connectivity index (χ1) is 10.6. The number of amides is 1. The number of benzene rings is 2. The highest BCUT2D eigenvalue weighted by molar-refractivity contribution is 6.30. The fourth-order valence-electron chi connectivity index (χ4n) is 1.96. The van der Waals surface area contributed by atoms with E-state index in [9.17, 15) is 4.79 Å². The van der Waals surface area contributed by atoms with Crippen LogP contribution in [0.25, 0.3) is 0 Å². The van der Waals surface area contributed by atoms with Crippen LogP contribution in [0.15, 0.2) is 48.5 Å². The van der Waals surface area contributed by atoms with Crippen molar-refractivity contribution in [2.24, 2.45) is 0 Å². The van der Waals surface area contributed by atoms with Gasteiger partial charge in [-0.1, -0.05) is 29.8 Å². The first-order valence-corrected chi connectivity index (χ1v) is 7.22. The molecule has 0 atom stereocenters. The van der Waals surface area contributed by atoms with Gasteiger partial charge in [-0.3, -0.25) is 4.79 Å². The third-order valence-electron chi connectivity index (χ3n) is 3.20. The number of ether oxygens (including phenoxy) is 2. The Morgan fingerprint density at radius 2 is 1.82 bits per heavy atom. The van der Waals surface area contributed by atoms with Crippen LogP contribution in [0.2, 0.25) is 5.02 Å². The number of hydrogen-bond acceptors (Lipinski definition) is 3. The molecule has 0 N–H and O–H groups in total. The predicted molar refractivity (Wildman–Crippen MR) is 86.4 cm³/mol. The molecule has 2 aromatic rings. The smallest absolute Gasteiger partial charge is 0.260 e. The maximum atomic E-state index is 12.1. The summed E-state index contributed by atoms with van der Waals surface area (Å²) in [7, 11) is 3.35. The molecule has 0 unspecified atom stereocenters. The number of para-hydroxylation sites is 1. The van der Waals surface area contributed by atoms with Crippen molar-refractivity contribution in [3.8, 4) is 11.5 Å². The summed E-state index contributed by atoms with van der Waals surface area (Å²) in [4.78, 5) is 13.7. The van der Waals surface area contributed by atoms with Crippen molar-refractivity contribution in [2.75, 3.05) is 20.8 Å². The molecule has 116 valence electrons. The summed E-state index contributed by atoms with van der Waals surface area (Å²) in [6.07, 6.45) is 0. The summed E-state index contributed by atoms with van der Waals surface area (Å²) >= 11 is 5.80. The van der Waals surface area contributed by atoms with Gasteiger partial charge >= 0.3 is 0 Å². The van der Waals surface area contributed by atoms with Gasteiger partial charge in [0.05, 0.1) is 7.11 Å². The molecule has 1 amide bonds. The second-order valence-corrected chi connectivity index (χ2v) is 5.24. The molecule has 0 saturated heterocycles. The normalized spacial score (nSPS) is 10.1. The Balaban J connectivity index is 1.90. The van der Waals surface area contributed by atoms with E-state index >= 15 is 0 Å². The second kappa shape index (κ2) is 7.71. The third-order valence-corrected chi connectivity index (χ3v) is 3.45. The van der Waals surface area contributed by atoms with Crippen molar-refractivity contribution >= 4 is 17.5 Å². The lowest BCUT2D eigenvalue weighted by molar-refractivity contribution is -0.132. The number of rotatable bonds is 6. The second-order valence-electron chi connectivity index (χ2n) is 4.80. The van der Waals surface area contributed by atoms with E-state index in [1.165, 1.54) is 0 Å². The van der Waals surface area contributed by atoms with Crippen LogP contribution in [-0.4, -0.2) is 31.6 Å². The maximum Gasteiger partial charge on any atom is 0.260 e. The van der Waals surface area contributed by atoms with Gasteiger partial charge in [0.25, 0.3) is 5.91 Å². The Morgan fingerprint density at radius 1 is 1.14 bits per heavy atom. The van der Waals surface area contributed by atoms with Gasteiger partial charge in [-0.05, 0) is 30.3 Å². The molecule has 2 rings (SSSR count). The molecule has 4 nitrogen and oxygen atoms in total. The van der Waals surface area contributed by atoms with E-state index in [1.54, 1.807) is 43.3 Å².